The Bertz CT molecular complexity index is 1620. The van der Waals surface area contributed by atoms with Gasteiger partial charge in [0.25, 0.3) is 0 Å². The van der Waals surface area contributed by atoms with Gasteiger partial charge in [-0.3, -0.25) is 4.90 Å². The van der Waals surface area contributed by atoms with Crippen LogP contribution in [0.15, 0.2) is 48.8 Å². The maximum Gasteiger partial charge on any atom is 0.227 e. The first-order valence-corrected chi connectivity index (χ1v) is 16.8. The number of hydrogen-bond donors (Lipinski definition) is 2. The Morgan fingerprint density at radius 3 is 2.35 bits per heavy atom. The summed E-state index contributed by atoms with van der Waals surface area (Å²) in [7, 11) is 0.289. The summed E-state index contributed by atoms with van der Waals surface area (Å²) < 4.78 is 33.9. The normalized spacial score (nSPS) is 14.0. The van der Waals surface area contributed by atoms with Crippen LogP contribution in [0, 0.1) is 0 Å². The summed E-state index contributed by atoms with van der Waals surface area (Å²) >= 11 is 1.52. The molecule has 1 saturated heterocycles. The van der Waals surface area contributed by atoms with E-state index in [4.69, 9.17) is 19.4 Å². The van der Waals surface area contributed by atoms with Gasteiger partial charge in [0, 0.05) is 63.4 Å². The highest BCUT2D eigenvalue weighted by molar-refractivity contribution is 7.90. The smallest absolute Gasteiger partial charge is 0.227 e. The lowest BCUT2D eigenvalue weighted by Crippen LogP contribution is -2.47. The SMILES string of the molecule is CCNc1nc(-c2cc(OC)cc(OC)c2)c(-c2ccnc(Nc3ccc(N4CCN(CCS(C)(=O)=O)CC4)nc3)n2)s1. The number of methoxy groups -OCH3 is 2. The van der Waals surface area contributed by atoms with Crippen LogP contribution in [-0.4, -0.2) is 98.8 Å². The second-order valence-corrected chi connectivity index (χ2v) is 13.3. The number of pyridine rings is 1. The molecule has 4 aromatic rings. The van der Waals surface area contributed by atoms with E-state index < -0.39 is 9.84 Å². The minimum atomic E-state index is -2.96. The first kappa shape index (κ1) is 30.4. The Hall–Kier alpha value is -4.01. The van der Waals surface area contributed by atoms with E-state index in [1.54, 1.807) is 26.6 Å². The molecule has 0 spiro atoms. The molecule has 14 heteroatoms. The second-order valence-electron chi connectivity index (χ2n) is 10.1. The molecule has 1 aliphatic rings. The van der Waals surface area contributed by atoms with E-state index in [9.17, 15) is 8.42 Å². The summed E-state index contributed by atoms with van der Waals surface area (Å²) in [6, 6.07) is 11.5. The van der Waals surface area contributed by atoms with Crippen molar-refractivity contribution in [3.05, 3.63) is 48.8 Å². The van der Waals surface area contributed by atoms with Crippen LogP contribution in [0.4, 0.5) is 22.6 Å². The number of rotatable bonds is 12. The number of sulfone groups is 1. The van der Waals surface area contributed by atoms with Crippen molar-refractivity contribution in [1.82, 2.24) is 24.8 Å². The van der Waals surface area contributed by atoms with Crippen LogP contribution in [0.25, 0.3) is 21.8 Å². The summed E-state index contributed by atoms with van der Waals surface area (Å²) in [5, 5.41) is 7.37. The van der Waals surface area contributed by atoms with Crippen molar-refractivity contribution in [3.8, 4) is 33.3 Å². The number of nitrogens with one attached hydrogen (secondary N) is 2. The molecule has 0 radical (unpaired) electrons. The monoisotopic (exact) mass is 624 g/mol. The van der Waals surface area contributed by atoms with Crippen LogP contribution in [0.1, 0.15) is 6.92 Å². The lowest BCUT2D eigenvalue weighted by Gasteiger charge is -2.35. The molecule has 5 rings (SSSR count). The highest BCUT2D eigenvalue weighted by atomic mass is 32.2. The number of thiazole rings is 1. The zero-order valence-corrected chi connectivity index (χ0v) is 26.3. The van der Waals surface area contributed by atoms with Crippen molar-refractivity contribution in [2.24, 2.45) is 0 Å². The fraction of sp³-hybridized carbons (Fsp3) is 0.379. The Balaban J connectivity index is 1.31. The highest BCUT2D eigenvalue weighted by Crippen LogP contribution is 2.40. The average Bonchev–Trinajstić information content (AvgIpc) is 3.44. The van der Waals surface area contributed by atoms with E-state index in [2.05, 4.69) is 30.4 Å². The molecular formula is C29H36N8O4S2. The number of piperazine rings is 1. The topological polar surface area (TPSA) is 135 Å². The zero-order valence-electron chi connectivity index (χ0n) is 24.7. The van der Waals surface area contributed by atoms with Crippen LogP contribution in [0.2, 0.25) is 0 Å². The maximum absolute atomic E-state index is 11.5. The Morgan fingerprint density at radius 2 is 1.72 bits per heavy atom. The predicted molar refractivity (Wildman–Crippen MR) is 172 cm³/mol. The third kappa shape index (κ3) is 7.89. The molecule has 1 aliphatic heterocycles. The van der Waals surface area contributed by atoms with Gasteiger partial charge in [-0.15, -0.1) is 0 Å². The van der Waals surface area contributed by atoms with Crippen LogP contribution >= 0.6 is 11.3 Å². The highest BCUT2D eigenvalue weighted by Gasteiger charge is 2.20. The van der Waals surface area contributed by atoms with Crippen LogP contribution in [0.5, 0.6) is 11.5 Å². The Morgan fingerprint density at radius 1 is 0.977 bits per heavy atom. The maximum atomic E-state index is 11.5. The van der Waals surface area contributed by atoms with Crippen molar-refractivity contribution in [2.45, 2.75) is 6.92 Å². The van der Waals surface area contributed by atoms with Crippen LogP contribution in [-0.2, 0) is 9.84 Å². The van der Waals surface area contributed by atoms with E-state index in [1.165, 1.54) is 17.6 Å². The molecule has 0 atom stereocenters. The number of nitrogens with zero attached hydrogens (tertiary/aromatic N) is 6. The molecule has 4 heterocycles. The van der Waals surface area contributed by atoms with Gasteiger partial charge in [-0.25, -0.2) is 28.4 Å². The number of benzene rings is 1. The third-order valence-corrected chi connectivity index (χ3v) is 8.91. The van der Waals surface area contributed by atoms with E-state index in [-0.39, 0.29) is 5.75 Å². The molecule has 0 bridgehead atoms. The zero-order chi connectivity index (χ0) is 30.4. The fourth-order valence-electron chi connectivity index (χ4n) is 4.68. The summed E-state index contributed by atoms with van der Waals surface area (Å²) in [5.74, 6) is 2.86. The first-order chi connectivity index (χ1) is 20.7. The molecule has 2 N–H and O–H groups in total. The molecular weight excluding hydrogens is 589 g/mol. The van der Waals surface area contributed by atoms with Crippen molar-refractivity contribution in [3.63, 3.8) is 0 Å². The summed E-state index contributed by atoms with van der Waals surface area (Å²) in [6.07, 6.45) is 4.77. The Kier molecular flexibility index (Phi) is 9.58. The number of aromatic nitrogens is 4. The quantitative estimate of drug-likeness (QED) is 0.236. The molecule has 0 saturated carbocycles. The van der Waals surface area contributed by atoms with Crippen molar-refractivity contribution in [2.75, 3.05) is 81.0 Å². The van der Waals surface area contributed by atoms with E-state index in [1.807, 2.05) is 43.3 Å². The molecule has 1 fully saturated rings. The van der Waals surface area contributed by atoms with Gasteiger partial charge in [0.1, 0.15) is 27.2 Å². The predicted octanol–water partition coefficient (Wildman–Crippen LogP) is 4.02. The van der Waals surface area contributed by atoms with E-state index >= 15 is 0 Å². The molecule has 1 aromatic carbocycles. The molecule has 0 unspecified atom stereocenters. The van der Waals surface area contributed by atoms with Gasteiger partial charge in [-0.2, -0.15) is 0 Å². The molecule has 228 valence electrons. The molecule has 3 aromatic heterocycles. The molecule has 43 heavy (non-hydrogen) atoms. The Labute approximate surface area is 256 Å². The first-order valence-electron chi connectivity index (χ1n) is 13.9. The van der Waals surface area contributed by atoms with Gasteiger partial charge < -0.3 is 25.0 Å². The largest absolute Gasteiger partial charge is 0.497 e. The second kappa shape index (κ2) is 13.5. The molecule has 0 amide bonds. The standard InChI is InChI=1S/C29H36N8O4S2/c1-5-30-29-35-26(20-16-22(40-2)18-23(17-20)41-3)27(42-29)24-8-9-31-28(34-24)33-21-6-7-25(32-19-21)37-12-10-36(11-13-37)14-15-43(4,38)39/h6-9,16-19H,5,10-15H2,1-4H3,(H,30,35)(H,31,33,34). The van der Waals surface area contributed by atoms with Crippen LogP contribution < -0.4 is 25.0 Å². The van der Waals surface area contributed by atoms with Gasteiger partial charge >= 0.3 is 0 Å². The number of anilines is 4. The summed E-state index contributed by atoms with van der Waals surface area (Å²) in [4.78, 5) is 24.0. The minimum Gasteiger partial charge on any atom is -0.497 e. The van der Waals surface area contributed by atoms with Crippen molar-refractivity contribution in [1.29, 1.82) is 0 Å². The lowest BCUT2D eigenvalue weighted by atomic mass is 10.1. The van der Waals surface area contributed by atoms with Gasteiger partial charge in [0.2, 0.25) is 5.95 Å². The van der Waals surface area contributed by atoms with Crippen molar-refractivity contribution >= 4 is 43.8 Å². The minimum absolute atomic E-state index is 0.186. The van der Waals surface area contributed by atoms with Crippen LogP contribution in [0.3, 0.4) is 0 Å². The molecule has 12 nitrogen and oxygen atoms in total. The molecule has 0 aliphatic carbocycles. The summed E-state index contributed by atoms with van der Waals surface area (Å²) in [6.45, 7) is 6.52. The summed E-state index contributed by atoms with van der Waals surface area (Å²) in [5.41, 5.74) is 3.12. The average molecular weight is 625 g/mol. The van der Waals surface area contributed by atoms with Gasteiger partial charge in [-0.05, 0) is 37.3 Å². The third-order valence-electron chi connectivity index (χ3n) is 6.95. The van der Waals surface area contributed by atoms with Gasteiger partial charge in [0.15, 0.2) is 5.13 Å². The van der Waals surface area contributed by atoms with Crippen molar-refractivity contribution < 1.29 is 17.9 Å². The fourth-order valence-corrected chi connectivity index (χ4v) is 6.29. The van der Waals surface area contributed by atoms with E-state index in [0.29, 0.717) is 24.0 Å². The van der Waals surface area contributed by atoms with Gasteiger partial charge in [0.05, 0.1) is 48.1 Å². The number of hydrogen-bond acceptors (Lipinski definition) is 13. The van der Waals surface area contributed by atoms with Gasteiger partial charge in [-0.1, -0.05) is 11.3 Å². The number of ether oxygens (including phenoxy) is 2. The lowest BCUT2D eigenvalue weighted by molar-refractivity contribution is 0.271. The van der Waals surface area contributed by atoms with E-state index in [0.717, 1.165) is 71.2 Å².